The number of hydrogen-bond acceptors (Lipinski definition) is 8. The van der Waals surface area contributed by atoms with E-state index in [4.69, 9.17) is 19.8 Å². The lowest BCUT2D eigenvalue weighted by Crippen LogP contribution is -2.50. The van der Waals surface area contributed by atoms with Gasteiger partial charge in [0, 0.05) is 25.3 Å². The van der Waals surface area contributed by atoms with Crippen molar-refractivity contribution in [3.8, 4) is 11.5 Å². The van der Waals surface area contributed by atoms with Crippen LogP contribution in [0.2, 0.25) is 0 Å². The number of nitrogens with one attached hydrogen (secondary N) is 3. The predicted octanol–water partition coefficient (Wildman–Crippen LogP) is 0.498. The second kappa shape index (κ2) is 15.5. The summed E-state index contributed by atoms with van der Waals surface area (Å²) in [6.07, 6.45) is 0.469. The number of hydroxylamine groups is 1. The van der Waals surface area contributed by atoms with E-state index in [0.29, 0.717) is 17.9 Å². The first-order valence-electron chi connectivity index (χ1n) is 11.9. The highest BCUT2D eigenvalue weighted by Gasteiger charge is 2.27. The van der Waals surface area contributed by atoms with Crippen molar-refractivity contribution in [2.45, 2.75) is 31.7 Å². The summed E-state index contributed by atoms with van der Waals surface area (Å²) in [5, 5.41) is 19.1. The molecule has 0 aliphatic rings. The fourth-order valence-electron chi connectivity index (χ4n) is 3.58. The molecule has 0 aliphatic carbocycles. The highest BCUT2D eigenvalue weighted by atomic mass is 32.2. The Hall–Kier alpha value is -3.68. The van der Waals surface area contributed by atoms with E-state index in [1.54, 1.807) is 61.7 Å². The zero-order valence-electron chi connectivity index (χ0n) is 21.1. The second-order valence-corrected chi connectivity index (χ2v) is 10.2. The van der Waals surface area contributed by atoms with E-state index in [9.17, 15) is 22.8 Å². The Bertz CT molecular complexity index is 1140. The molecule has 0 radical (unpaired) electrons. The van der Waals surface area contributed by atoms with Crippen molar-refractivity contribution in [3.63, 3.8) is 0 Å². The van der Waals surface area contributed by atoms with Crippen LogP contribution in [-0.2, 0) is 30.8 Å². The Labute approximate surface area is 221 Å². The van der Waals surface area contributed by atoms with Crippen LogP contribution in [0.3, 0.4) is 0 Å². The number of ether oxygens (including phenoxy) is 2. The van der Waals surface area contributed by atoms with Gasteiger partial charge in [0.2, 0.25) is 27.7 Å². The van der Waals surface area contributed by atoms with Gasteiger partial charge in [0.05, 0.1) is 19.5 Å². The van der Waals surface area contributed by atoms with Gasteiger partial charge < -0.3 is 20.1 Å². The molecular formula is C25H34N4O8S. The van der Waals surface area contributed by atoms with Crippen molar-refractivity contribution >= 4 is 27.7 Å². The van der Waals surface area contributed by atoms with Gasteiger partial charge >= 0.3 is 0 Å². The number of sulfonamides is 1. The molecule has 0 spiro atoms. The maximum atomic E-state index is 13.1. The average Bonchev–Trinajstić information content (AvgIpc) is 2.89. The molecule has 0 fully saturated rings. The lowest BCUT2D eigenvalue weighted by molar-refractivity contribution is -0.136. The SMILES string of the molecule is COc1ccc(OCCC[C@H](CC(=O)NO)C(=O)N[C@@H](Cc2ccccc2)C(=O)NCCS(N)(=O)=O)cc1. The smallest absolute Gasteiger partial charge is 0.244 e. The molecule has 0 heterocycles. The summed E-state index contributed by atoms with van der Waals surface area (Å²) in [7, 11) is -2.22. The third kappa shape index (κ3) is 11.6. The van der Waals surface area contributed by atoms with Crippen LogP contribution in [0, 0.1) is 5.92 Å². The zero-order chi connectivity index (χ0) is 28.0. The minimum absolute atomic E-state index is 0.132. The van der Waals surface area contributed by atoms with Crippen LogP contribution < -0.4 is 30.7 Å². The number of carbonyl (C=O) groups excluding carboxylic acids is 3. The highest BCUT2D eigenvalue weighted by molar-refractivity contribution is 7.89. The molecule has 6 N–H and O–H groups in total. The molecule has 0 aromatic heterocycles. The van der Waals surface area contributed by atoms with Crippen molar-refractivity contribution < 1.29 is 37.5 Å². The maximum Gasteiger partial charge on any atom is 0.244 e. The molecule has 12 nitrogen and oxygen atoms in total. The van der Waals surface area contributed by atoms with Gasteiger partial charge in [-0.1, -0.05) is 30.3 Å². The average molecular weight is 551 g/mol. The van der Waals surface area contributed by atoms with Gasteiger partial charge in [0.15, 0.2) is 0 Å². The van der Waals surface area contributed by atoms with Gasteiger partial charge in [-0.2, -0.15) is 0 Å². The molecule has 2 atom stereocenters. The summed E-state index contributed by atoms with van der Waals surface area (Å²) < 4.78 is 33.2. The number of primary sulfonamides is 1. The van der Waals surface area contributed by atoms with Crippen LogP contribution in [0.4, 0.5) is 0 Å². The van der Waals surface area contributed by atoms with Gasteiger partial charge in [-0.15, -0.1) is 0 Å². The highest BCUT2D eigenvalue weighted by Crippen LogP contribution is 2.18. The molecule has 2 aromatic rings. The maximum absolute atomic E-state index is 13.1. The molecule has 13 heteroatoms. The van der Waals surface area contributed by atoms with E-state index >= 15 is 0 Å². The molecule has 2 aromatic carbocycles. The van der Waals surface area contributed by atoms with E-state index in [0.717, 1.165) is 5.56 Å². The summed E-state index contributed by atoms with van der Waals surface area (Å²) in [5.74, 6) is -1.95. The number of carbonyl (C=O) groups is 3. The second-order valence-electron chi connectivity index (χ2n) is 8.51. The Morgan fingerprint density at radius 2 is 1.66 bits per heavy atom. The summed E-state index contributed by atoms with van der Waals surface area (Å²) >= 11 is 0. The van der Waals surface area contributed by atoms with Crippen LogP contribution >= 0.6 is 0 Å². The lowest BCUT2D eigenvalue weighted by Gasteiger charge is -2.22. The molecule has 0 aliphatic heterocycles. The Morgan fingerprint density at radius 3 is 2.26 bits per heavy atom. The Balaban J connectivity index is 2.04. The minimum atomic E-state index is -3.78. The normalized spacial score (nSPS) is 12.6. The summed E-state index contributed by atoms with van der Waals surface area (Å²) in [4.78, 5) is 37.8. The van der Waals surface area contributed by atoms with E-state index < -0.39 is 45.5 Å². The van der Waals surface area contributed by atoms with Crippen LogP contribution in [0.5, 0.6) is 11.5 Å². The van der Waals surface area contributed by atoms with Gasteiger partial charge in [0.25, 0.3) is 0 Å². The molecule has 0 saturated heterocycles. The largest absolute Gasteiger partial charge is 0.497 e. The van der Waals surface area contributed by atoms with Gasteiger partial charge in [-0.3, -0.25) is 19.6 Å². The number of hydrogen-bond donors (Lipinski definition) is 5. The first-order chi connectivity index (χ1) is 18.1. The monoisotopic (exact) mass is 550 g/mol. The first kappa shape index (κ1) is 30.5. The summed E-state index contributed by atoms with van der Waals surface area (Å²) in [6, 6.07) is 14.9. The van der Waals surface area contributed by atoms with E-state index in [-0.39, 0.29) is 32.4 Å². The number of amides is 3. The molecule has 2 rings (SSSR count). The summed E-state index contributed by atoms with van der Waals surface area (Å²) in [5.41, 5.74) is 2.29. The van der Waals surface area contributed by atoms with Crippen LogP contribution in [0.15, 0.2) is 54.6 Å². The summed E-state index contributed by atoms with van der Waals surface area (Å²) in [6.45, 7) is 0.0379. The van der Waals surface area contributed by atoms with Gasteiger partial charge in [0.1, 0.15) is 17.5 Å². The lowest BCUT2D eigenvalue weighted by atomic mass is 9.96. The fraction of sp³-hybridized carbons (Fsp3) is 0.400. The van der Waals surface area contributed by atoms with Gasteiger partial charge in [-0.05, 0) is 42.7 Å². The quantitative estimate of drug-likeness (QED) is 0.114. The van der Waals surface area contributed by atoms with E-state index in [1.165, 1.54) is 5.48 Å². The number of benzene rings is 2. The zero-order valence-corrected chi connectivity index (χ0v) is 21.9. The number of nitrogens with two attached hydrogens (primary N) is 1. The van der Waals surface area contributed by atoms with Crippen LogP contribution in [0.25, 0.3) is 0 Å². The fourth-order valence-corrected chi connectivity index (χ4v) is 3.96. The van der Waals surface area contributed by atoms with Crippen molar-refractivity contribution in [1.29, 1.82) is 0 Å². The third-order valence-corrected chi connectivity index (χ3v) is 6.33. The Kier molecular flexibility index (Phi) is 12.5. The molecule has 3 amide bonds. The molecule has 0 unspecified atom stereocenters. The van der Waals surface area contributed by atoms with Crippen LogP contribution in [-0.4, -0.2) is 63.4 Å². The van der Waals surface area contributed by atoms with Crippen molar-refractivity contribution in [3.05, 3.63) is 60.2 Å². The molecule has 0 saturated carbocycles. The number of rotatable bonds is 16. The standard InChI is InChI=1S/C25H34N4O8S/c1-36-20-9-11-21(12-10-20)37-14-5-8-19(17-23(30)29-33)24(31)28-22(16-18-6-3-2-4-7-18)25(32)27-13-15-38(26,34)35/h2-4,6-7,9-12,19,22,33H,5,8,13-17H2,1H3,(H,27,32)(H,28,31)(H,29,30)(H2,26,34,35)/t19-,22+/m1/s1. The minimum Gasteiger partial charge on any atom is -0.497 e. The topological polar surface area (TPSA) is 186 Å². The van der Waals surface area contributed by atoms with Crippen molar-refractivity contribution in [2.75, 3.05) is 26.0 Å². The Morgan fingerprint density at radius 1 is 1.00 bits per heavy atom. The number of methoxy groups -OCH3 is 1. The van der Waals surface area contributed by atoms with Crippen LogP contribution in [0.1, 0.15) is 24.8 Å². The molecule has 38 heavy (non-hydrogen) atoms. The van der Waals surface area contributed by atoms with E-state index in [2.05, 4.69) is 10.6 Å². The van der Waals surface area contributed by atoms with Crippen molar-refractivity contribution in [1.82, 2.24) is 16.1 Å². The third-order valence-electron chi connectivity index (χ3n) is 5.55. The first-order valence-corrected chi connectivity index (χ1v) is 13.6. The molecule has 0 bridgehead atoms. The molecule has 208 valence electrons. The molecular weight excluding hydrogens is 516 g/mol. The van der Waals surface area contributed by atoms with Crippen molar-refractivity contribution in [2.24, 2.45) is 11.1 Å². The van der Waals surface area contributed by atoms with Gasteiger partial charge in [-0.25, -0.2) is 19.0 Å². The predicted molar refractivity (Wildman–Crippen MR) is 139 cm³/mol. The van der Waals surface area contributed by atoms with E-state index in [1.807, 2.05) is 0 Å².